The van der Waals surface area contributed by atoms with Gasteiger partial charge in [0.25, 0.3) is 0 Å². The summed E-state index contributed by atoms with van der Waals surface area (Å²) in [5, 5.41) is 3.75. The first-order valence-electron chi connectivity index (χ1n) is 7.31. The fraction of sp³-hybridized carbons (Fsp3) is 0.600. The molecule has 0 heterocycles. The Bertz CT molecular complexity index is 610. The van der Waals surface area contributed by atoms with Gasteiger partial charge in [0.05, 0.1) is 4.90 Å². The zero-order chi connectivity index (χ0) is 15.6. The van der Waals surface area contributed by atoms with Crippen LogP contribution in [0.1, 0.15) is 37.8 Å². The van der Waals surface area contributed by atoms with Gasteiger partial charge in [-0.25, -0.2) is 13.1 Å². The van der Waals surface area contributed by atoms with Crippen molar-refractivity contribution in [1.29, 1.82) is 0 Å². The minimum absolute atomic E-state index is 0.288. The van der Waals surface area contributed by atoms with Gasteiger partial charge in [0, 0.05) is 24.2 Å². The summed E-state index contributed by atoms with van der Waals surface area (Å²) in [6, 6.07) is 3.69. The maximum Gasteiger partial charge on any atom is 0.240 e. The van der Waals surface area contributed by atoms with Gasteiger partial charge in [0.15, 0.2) is 0 Å². The number of hydrogen-bond donors (Lipinski definition) is 2. The van der Waals surface area contributed by atoms with E-state index in [0.717, 1.165) is 24.0 Å². The highest BCUT2D eigenvalue weighted by Crippen LogP contribution is 2.29. The Kier molecular flexibility index (Phi) is 5.30. The molecule has 0 radical (unpaired) electrons. The van der Waals surface area contributed by atoms with Crippen molar-refractivity contribution in [3.63, 3.8) is 0 Å². The lowest BCUT2D eigenvalue weighted by Gasteiger charge is -2.15. The number of sulfonamides is 1. The van der Waals surface area contributed by atoms with Gasteiger partial charge in [0.1, 0.15) is 0 Å². The molecule has 2 N–H and O–H groups in total. The van der Waals surface area contributed by atoms with Gasteiger partial charge >= 0.3 is 0 Å². The maximum absolute atomic E-state index is 12.4. The van der Waals surface area contributed by atoms with Crippen molar-refractivity contribution in [3.05, 3.63) is 28.3 Å². The molecular formula is C15H23ClN2O2S. The van der Waals surface area contributed by atoms with Crippen LogP contribution in [0.25, 0.3) is 0 Å². The second kappa shape index (κ2) is 6.65. The third-order valence-corrected chi connectivity index (χ3v) is 5.45. The van der Waals surface area contributed by atoms with Gasteiger partial charge in [-0.15, -0.1) is 0 Å². The molecule has 1 aromatic carbocycles. The van der Waals surface area contributed by atoms with Gasteiger partial charge in [-0.1, -0.05) is 25.4 Å². The first-order valence-corrected chi connectivity index (χ1v) is 9.18. The van der Waals surface area contributed by atoms with Crippen LogP contribution in [-0.4, -0.2) is 21.0 Å². The zero-order valence-electron chi connectivity index (χ0n) is 12.7. The van der Waals surface area contributed by atoms with Crippen molar-refractivity contribution in [2.45, 2.75) is 51.1 Å². The zero-order valence-corrected chi connectivity index (χ0v) is 14.3. The molecule has 1 saturated carbocycles. The second-order valence-corrected chi connectivity index (χ2v) is 8.19. The van der Waals surface area contributed by atoms with E-state index in [1.807, 2.05) is 13.0 Å². The van der Waals surface area contributed by atoms with Gasteiger partial charge in [-0.05, 0) is 48.9 Å². The molecule has 118 valence electrons. The SMILES string of the molecule is Cc1c(CNC(C)C)cc(Cl)cc1S(=O)(=O)NCC1CC1. The number of benzene rings is 1. The molecule has 2 rings (SSSR count). The Morgan fingerprint density at radius 2 is 2.00 bits per heavy atom. The van der Waals surface area contributed by atoms with Crippen molar-refractivity contribution in [1.82, 2.24) is 10.0 Å². The van der Waals surface area contributed by atoms with Crippen LogP contribution < -0.4 is 10.0 Å². The summed E-state index contributed by atoms with van der Waals surface area (Å²) in [4.78, 5) is 0.288. The third kappa shape index (κ3) is 4.68. The fourth-order valence-electron chi connectivity index (χ4n) is 2.11. The van der Waals surface area contributed by atoms with Crippen LogP contribution in [0.15, 0.2) is 17.0 Å². The molecule has 6 heteroatoms. The molecule has 0 bridgehead atoms. The minimum Gasteiger partial charge on any atom is -0.310 e. The number of hydrogen-bond acceptors (Lipinski definition) is 3. The van der Waals surface area contributed by atoms with E-state index >= 15 is 0 Å². The third-order valence-electron chi connectivity index (χ3n) is 3.68. The monoisotopic (exact) mass is 330 g/mol. The molecule has 4 nitrogen and oxygen atoms in total. The van der Waals surface area contributed by atoms with Crippen molar-refractivity contribution in [3.8, 4) is 0 Å². The van der Waals surface area contributed by atoms with Crippen LogP contribution in [-0.2, 0) is 16.6 Å². The molecule has 0 unspecified atom stereocenters. The van der Waals surface area contributed by atoms with E-state index in [-0.39, 0.29) is 4.90 Å². The van der Waals surface area contributed by atoms with Crippen LogP contribution in [0.3, 0.4) is 0 Å². The Morgan fingerprint density at radius 3 is 2.57 bits per heavy atom. The van der Waals surface area contributed by atoms with Crippen LogP contribution in [0.2, 0.25) is 5.02 Å². The predicted octanol–water partition coefficient (Wildman–Crippen LogP) is 2.83. The molecule has 1 aliphatic carbocycles. The average Bonchev–Trinajstić information content (AvgIpc) is 3.21. The summed E-state index contributed by atoms with van der Waals surface area (Å²) in [5.41, 5.74) is 1.68. The van der Waals surface area contributed by atoms with Crippen LogP contribution >= 0.6 is 11.6 Å². The lowest BCUT2D eigenvalue weighted by atomic mass is 10.1. The molecule has 0 spiro atoms. The van der Waals surface area contributed by atoms with Crippen molar-refractivity contribution in [2.75, 3.05) is 6.54 Å². The Hall–Kier alpha value is -0.620. The Balaban J connectivity index is 2.24. The Morgan fingerprint density at radius 1 is 1.33 bits per heavy atom. The molecule has 0 aromatic heterocycles. The Labute approximate surface area is 132 Å². The van der Waals surface area contributed by atoms with Gasteiger partial charge in [0.2, 0.25) is 10.0 Å². The van der Waals surface area contributed by atoms with E-state index in [4.69, 9.17) is 11.6 Å². The summed E-state index contributed by atoms with van der Waals surface area (Å²) in [7, 11) is -3.49. The largest absolute Gasteiger partial charge is 0.310 e. The molecule has 21 heavy (non-hydrogen) atoms. The molecule has 1 aromatic rings. The van der Waals surface area contributed by atoms with E-state index in [0.29, 0.717) is 30.1 Å². The topological polar surface area (TPSA) is 58.2 Å². The average molecular weight is 331 g/mol. The summed E-state index contributed by atoms with van der Waals surface area (Å²) in [6.45, 7) is 7.06. The highest BCUT2D eigenvalue weighted by molar-refractivity contribution is 7.89. The molecule has 1 fully saturated rings. The van der Waals surface area contributed by atoms with E-state index in [1.165, 1.54) is 6.07 Å². The van der Waals surface area contributed by atoms with Gasteiger partial charge in [-0.2, -0.15) is 0 Å². The highest BCUT2D eigenvalue weighted by atomic mass is 35.5. The summed E-state index contributed by atoms with van der Waals surface area (Å²) in [6.07, 6.45) is 2.22. The van der Waals surface area contributed by atoms with Gasteiger partial charge in [-0.3, -0.25) is 0 Å². The lowest BCUT2D eigenvalue weighted by molar-refractivity contribution is 0.574. The van der Waals surface area contributed by atoms with Crippen LogP contribution in [0.4, 0.5) is 0 Å². The number of rotatable bonds is 7. The van der Waals surface area contributed by atoms with Crippen LogP contribution in [0, 0.1) is 12.8 Å². The predicted molar refractivity (Wildman–Crippen MR) is 86.1 cm³/mol. The van der Waals surface area contributed by atoms with Crippen molar-refractivity contribution in [2.24, 2.45) is 5.92 Å². The van der Waals surface area contributed by atoms with E-state index in [2.05, 4.69) is 23.9 Å². The first-order chi connectivity index (χ1) is 9.79. The molecular weight excluding hydrogens is 308 g/mol. The molecule has 0 aliphatic heterocycles. The van der Waals surface area contributed by atoms with Crippen LogP contribution in [0.5, 0.6) is 0 Å². The van der Waals surface area contributed by atoms with E-state index in [9.17, 15) is 8.42 Å². The number of halogens is 1. The summed E-state index contributed by atoms with van der Waals surface area (Å²) in [5.74, 6) is 0.501. The number of nitrogens with one attached hydrogen (secondary N) is 2. The van der Waals surface area contributed by atoms with Crippen molar-refractivity contribution >= 4 is 21.6 Å². The normalized spacial score (nSPS) is 15.7. The fourth-order valence-corrected chi connectivity index (χ4v) is 3.84. The smallest absolute Gasteiger partial charge is 0.240 e. The summed E-state index contributed by atoms with van der Waals surface area (Å²) >= 11 is 6.10. The standard InChI is InChI=1S/C15H23ClN2O2S/c1-10(2)17-9-13-6-14(16)7-15(11(13)3)21(19,20)18-8-12-4-5-12/h6-7,10,12,17-18H,4-5,8-9H2,1-3H3. The minimum atomic E-state index is -3.49. The second-order valence-electron chi connectivity index (χ2n) is 6.02. The van der Waals surface area contributed by atoms with Gasteiger partial charge < -0.3 is 5.32 Å². The lowest BCUT2D eigenvalue weighted by Crippen LogP contribution is -2.27. The molecule has 0 saturated heterocycles. The summed E-state index contributed by atoms with van der Waals surface area (Å²) < 4.78 is 27.6. The first kappa shape index (κ1) is 16.7. The molecule has 0 amide bonds. The maximum atomic E-state index is 12.4. The molecule has 1 aliphatic rings. The van der Waals surface area contributed by atoms with E-state index < -0.39 is 10.0 Å². The van der Waals surface area contributed by atoms with E-state index in [1.54, 1.807) is 0 Å². The van der Waals surface area contributed by atoms with Crippen molar-refractivity contribution < 1.29 is 8.42 Å². The molecule has 0 atom stereocenters. The quantitative estimate of drug-likeness (QED) is 0.808. The highest BCUT2D eigenvalue weighted by Gasteiger charge is 2.25.